The molecule has 7 nitrogen and oxygen atoms in total. The molecule has 0 radical (unpaired) electrons. The van der Waals surface area contributed by atoms with Gasteiger partial charge in [-0.1, -0.05) is 47.7 Å². The maximum Gasteiger partial charge on any atom is 0.184 e. The Hall–Kier alpha value is -3.75. The molecule has 0 amide bonds. The van der Waals surface area contributed by atoms with Crippen molar-refractivity contribution in [1.29, 1.82) is 0 Å². The van der Waals surface area contributed by atoms with Gasteiger partial charge in [-0.15, -0.1) is 0 Å². The highest BCUT2D eigenvalue weighted by Gasteiger charge is 2.13. The van der Waals surface area contributed by atoms with E-state index in [-0.39, 0.29) is 0 Å². The van der Waals surface area contributed by atoms with Crippen LogP contribution < -0.4 is 16.0 Å². The number of aromatic amines is 1. The normalized spacial score (nSPS) is 13.9. The van der Waals surface area contributed by atoms with Crippen LogP contribution in [0.5, 0.6) is 0 Å². The minimum atomic E-state index is 0.757. The lowest BCUT2D eigenvalue weighted by molar-refractivity contribution is 0.737. The van der Waals surface area contributed by atoms with Gasteiger partial charge in [-0.2, -0.15) is 0 Å². The Balaban J connectivity index is 1.24. The molecule has 0 atom stereocenters. The molecule has 0 unspecified atom stereocenters. The van der Waals surface area contributed by atoms with Crippen molar-refractivity contribution < 1.29 is 0 Å². The van der Waals surface area contributed by atoms with Crippen LogP contribution in [0.25, 0.3) is 26.8 Å². The minimum absolute atomic E-state index is 0.757. The van der Waals surface area contributed by atoms with E-state index in [0.29, 0.717) is 0 Å². The first kappa shape index (κ1) is 19.9. The number of hydrogen-bond donors (Lipinski definition) is 4. The molecule has 2 aromatic carbocycles. The van der Waals surface area contributed by atoms with Crippen molar-refractivity contribution in [2.45, 2.75) is 13.0 Å². The Morgan fingerprint density at radius 1 is 1.03 bits per heavy atom. The molecule has 0 saturated heterocycles. The first-order valence-corrected chi connectivity index (χ1v) is 11.8. The van der Waals surface area contributed by atoms with E-state index in [1.807, 2.05) is 30.3 Å². The Kier molecular flexibility index (Phi) is 5.22. The predicted molar refractivity (Wildman–Crippen MR) is 136 cm³/mol. The Bertz CT molecular complexity index is 1450. The van der Waals surface area contributed by atoms with Gasteiger partial charge in [0, 0.05) is 24.5 Å². The molecule has 0 aliphatic carbocycles. The van der Waals surface area contributed by atoms with Crippen LogP contribution in [0.3, 0.4) is 0 Å². The Labute approximate surface area is 195 Å². The third-order valence-electron chi connectivity index (χ3n) is 5.77. The summed E-state index contributed by atoms with van der Waals surface area (Å²) in [6.45, 7) is 2.65. The summed E-state index contributed by atoms with van der Waals surface area (Å²) in [6, 6.07) is 18.7. The van der Waals surface area contributed by atoms with Crippen LogP contribution >= 0.6 is 11.3 Å². The van der Waals surface area contributed by atoms with Gasteiger partial charge in [-0.25, -0.2) is 15.0 Å². The molecular weight excluding hydrogens is 430 g/mol. The second-order valence-corrected chi connectivity index (χ2v) is 9.05. The third kappa shape index (κ3) is 4.18. The summed E-state index contributed by atoms with van der Waals surface area (Å²) in [5.41, 5.74) is 6.47. The minimum Gasteiger partial charge on any atom is -0.357 e. The fourth-order valence-corrected chi connectivity index (χ4v) is 4.97. The zero-order chi connectivity index (χ0) is 22.0. The van der Waals surface area contributed by atoms with Crippen molar-refractivity contribution in [2.75, 3.05) is 23.7 Å². The quantitative estimate of drug-likeness (QED) is 0.279. The van der Waals surface area contributed by atoms with E-state index in [1.165, 1.54) is 11.1 Å². The van der Waals surface area contributed by atoms with E-state index < -0.39 is 0 Å². The maximum atomic E-state index is 4.72. The van der Waals surface area contributed by atoms with E-state index in [2.05, 4.69) is 61.2 Å². The second-order valence-electron chi connectivity index (χ2n) is 8.02. The average molecular weight is 454 g/mol. The lowest BCUT2D eigenvalue weighted by atomic mass is 10.1. The zero-order valence-corrected chi connectivity index (χ0v) is 18.7. The number of thiazole rings is 1. The van der Waals surface area contributed by atoms with Crippen molar-refractivity contribution in [2.24, 2.45) is 0 Å². The van der Waals surface area contributed by atoms with Gasteiger partial charge in [-0.3, -0.25) is 0 Å². The monoisotopic (exact) mass is 453 g/mol. The van der Waals surface area contributed by atoms with Gasteiger partial charge in [0.15, 0.2) is 5.13 Å². The van der Waals surface area contributed by atoms with Gasteiger partial charge in [0.2, 0.25) is 0 Å². The molecule has 0 spiro atoms. The Morgan fingerprint density at radius 3 is 2.85 bits per heavy atom. The van der Waals surface area contributed by atoms with E-state index in [1.54, 1.807) is 17.7 Å². The largest absolute Gasteiger partial charge is 0.357 e. The molecule has 4 N–H and O–H groups in total. The number of rotatable bonds is 6. The summed E-state index contributed by atoms with van der Waals surface area (Å²) in [4.78, 5) is 17.1. The first-order valence-electron chi connectivity index (χ1n) is 11.0. The number of hydrogen-bond acceptors (Lipinski definition) is 7. The highest BCUT2D eigenvalue weighted by molar-refractivity contribution is 7.22. The van der Waals surface area contributed by atoms with Crippen LogP contribution in [0.1, 0.15) is 17.7 Å². The van der Waals surface area contributed by atoms with Gasteiger partial charge >= 0.3 is 0 Å². The van der Waals surface area contributed by atoms with Crippen LogP contribution in [0, 0.1) is 0 Å². The van der Waals surface area contributed by atoms with Crippen LogP contribution in [0.4, 0.5) is 16.6 Å². The SMILES string of the molecule is C1=C(c2cc3c(Nc4ccc5nc(NCc6ccccc6)sc5c4)ncnc3[nH]2)CCNC1. The standard InChI is InChI=1S/C25H23N7S/c1-2-4-16(5-3-1)14-27-25-32-20-7-6-18(12-22(20)33-25)30-23-19-13-21(17-8-10-26-11-9-17)31-24(19)29-15-28-23/h1-8,12-13,15,26H,9-11,14H2,(H,27,32)(H2,28,29,30,31). The van der Waals surface area contributed by atoms with E-state index >= 15 is 0 Å². The summed E-state index contributed by atoms with van der Waals surface area (Å²) < 4.78 is 1.12. The number of aromatic nitrogens is 4. The van der Waals surface area contributed by atoms with Gasteiger partial charge in [0.1, 0.15) is 17.8 Å². The third-order valence-corrected chi connectivity index (χ3v) is 6.75. The molecule has 33 heavy (non-hydrogen) atoms. The lowest BCUT2D eigenvalue weighted by Gasteiger charge is -2.12. The summed E-state index contributed by atoms with van der Waals surface area (Å²) in [7, 11) is 0. The van der Waals surface area contributed by atoms with E-state index in [9.17, 15) is 0 Å². The smallest absolute Gasteiger partial charge is 0.184 e. The Morgan fingerprint density at radius 2 is 1.97 bits per heavy atom. The molecule has 8 heteroatoms. The number of benzene rings is 2. The van der Waals surface area contributed by atoms with E-state index in [0.717, 1.165) is 69.6 Å². The van der Waals surface area contributed by atoms with Gasteiger partial charge in [0.05, 0.1) is 15.6 Å². The first-order chi connectivity index (χ1) is 16.3. The van der Waals surface area contributed by atoms with Gasteiger partial charge in [0.25, 0.3) is 0 Å². The van der Waals surface area contributed by atoms with Gasteiger partial charge in [-0.05, 0) is 48.4 Å². The highest BCUT2D eigenvalue weighted by atomic mass is 32.1. The molecule has 4 heterocycles. The van der Waals surface area contributed by atoms with Crippen molar-refractivity contribution in [3.05, 3.63) is 78.3 Å². The topological polar surface area (TPSA) is 90.6 Å². The highest BCUT2D eigenvalue weighted by Crippen LogP contribution is 2.32. The fraction of sp³-hybridized carbons (Fsp3) is 0.160. The summed E-state index contributed by atoms with van der Waals surface area (Å²) in [6.07, 6.45) is 4.83. The molecule has 3 aromatic heterocycles. The molecule has 1 aliphatic rings. The van der Waals surface area contributed by atoms with Crippen molar-refractivity contribution in [1.82, 2.24) is 25.3 Å². The van der Waals surface area contributed by atoms with Crippen LogP contribution in [-0.2, 0) is 6.54 Å². The van der Waals surface area contributed by atoms with Crippen LogP contribution in [0.2, 0.25) is 0 Å². The molecule has 5 aromatic rings. The molecular formula is C25H23N7S. The number of nitrogens with one attached hydrogen (secondary N) is 4. The molecule has 0 fully saturated rings. The summed E-state index contributed by atoms with van der Waals surface area (Å²) in [5.74, 6) is 0.795. The summed E-state index contributed by atoms with van der Waals surface area (Å²) in [5, 5.41) is 12.2. The molecule has 6 rings (SSSR count). The zero-order valence-electron chi connectivity index (χ0n) is 17.9. The molecule has 164 valence electrons. The predicted octanol–water partition coefficient (Wildman–Crippen LogP) is 5.30. The van der Waals surface area contributed by atoms with E-state index in [4.69, 9.17) is 4.98 Å². The number of H-pyrrole nitrogens is 1. The average Bonchev–Trinajstić information content (AvgIpc) is 3.48. The lowest BCUT2D eigenvalue weighted by Crippen LogP contribution is -2.20. The number of nitrogens with zero attached hydrogens (tertiary/aromatic N) is 3. The fourth-order valence-electron chi connectivity index (χ4n) is 4.07. The van der Waals surface area contributed by atoms with Crippen molar-refractivity contribution >= 4 is 54.8 Å². The number of anilines is 3. The summed E-state index contributed by atoms with van der Waals surface area (Å²) >= 11 is 1.65. The second kappa shape index (κ2) is 8.65. The van der Waals surface area contributed by atoms with Gasteiger partial charge < -0.3 is 20.9 Å². The van der Waals surface area contributed by atoms with Crippen molar-refractivity contribution in [3.63, 3.8) is 0 Å². The molecule has 0 saturated carbocycles. The molecule has 0 bridgehead atoms. The van der Waals surface area contributed by atoms with Crippen molar-refractivity contribution in [3.8, 4) is 0 Å². The molecule has 1 aliphatic heterocycles. The maximum absolute atomic E-state index is 4.72. The number of fused-ring (bicyclic) bond motifs is 2. The van der Waals surface area contributed by atoms with Crippen LogP contribution in [0.15, 0.2) is 67.0 Å². The van der Waals surface area contributed by atoms with Crippen LogP contribution in [-0.4, -0.2) is 33.0 Å².